The quantitative estimate of drug-likeness (QED) is 0.670. The first kappa shape index (κ1) is 11.3. The van der Waals surface area contributed by atoms with Gasteiger partial charge in [0.2, 0.25) is 0 Å². The first-order valence-electron chi connectivity index (χ1n) is 3.34. The van der Waals surface area contributed by atoms with Gasteiger partial charge in [0.15, 0.2) is 5.43 Å². The van der Waals surface area contributed by atoms with Crippen LogP contribution in [0, 0.1) is 0 Å². The highest BCUT2D eigenvalue weighted by Gasteiger charge is 2.17. The lowest BCUT2D eigenvalue weighted by molar-refractivity contribution is 0.107. The standard InChI is InChI=1S/C7H3BrClF2NO2/c8-5-4(6(9)14)3(13)1-2(12-5)7(10)11/h1,7H,(H,12,13). The molecule has 1 rings (SSSR count). The summed E-state index contributed by atoms with van der Waals surface area (Å²) in [5.41, 5.74) is -1.79. The lowest BCUT2D eigenvalue weighted by Crippen LogP contribution is -2.14. The molecule has 0 aliphatic carbocycles. The van der Waals surface area contributed by atoms with Crippen LogP contribution in [0.3, 0.4) is 0 Å². The van der Waals surface area contributed by atoms with Crippen LogP contribution in [0.5, 0.6) is 0 Å². The van der Waals surface area contributed by atoms with Gasteiger partial charge < -0.3 is 4.98 Å². The van der Waals surface area contributed by atoms with Gasteiger partial charge in [0, 0.05) is 6.07 Å². The van der Waals surface area contributed by atoms with Crippen molar-refractivity contribution in [1.82, 2.24) is 4.98 Å². The minimum atomic E-state index is -2.81. The molecule has 0 bridgehead atoms. The largest absolute Gasteiger partial charge is 0.348 e. The van der Waals surface area contributed by atoms with Gasteiger partial charge in [-0.15, -0.1) is 0 Å². The Labute approximate surface area is 90.2 Å². The summed E-state index contributed by atoms with van der Waals surface area (Å²) in [5, 5.41) is -1.00. The van der Waals surface area contributed by atoms with E-state index in [9.17, 15) is 18.4 Å². The smallest absolute Gasteiger partial charge is 0.278 e. The summed E-state index contributed by atoms with van der Waals surface area (Å²) in [6.07, 6.45) is -2.81. The van der Waals surface area contributed by atoms with Gasteiger partial charge in [-0.05, 0) is 27.5 Å². The molecular formula is C7H3BrClF2NO2. The molecule has 1 aromatic heterocycles. The van der Waals surface area contributed by atoms with Crippen LogP contribution in [0.25, 0.3) is 0 Å². The summed E-state index contributed by atoms with van der Waals surface area (Å²) < 4.78 is 24.2. The van der Waals surface area contributed by atoms with Crippen LogP contribution in [-0.2, 0) is 0 Å². The van der Waals surface area contributed by atoms with E-state index in [4.69, 9.17) is 11.6 Å². The normalized spacial score (nSPS) is 10.6. The number of alkyl halides is 2. The molecule has 0 aromatic carbocycles. The third kappa shape index (κ3) is 2.19. The van der Waals surface area contributed by atoms with Crippen molar-refractivity contribution in [3.63, 3.8) is 0 Å². The van der Waals surface area contributed by atoms with Crippen LogP contribution in [0.15, 0.2) is 15.5 Å². The Balaban J connectivity index is 3.40. The van der Waals surface area contributed by atoms with E-state index < -0.39 is 22.8 Å². The number of carbonyl (C=O) groups excluding carboxylic acids is 1. The number of halogens is 4. The van der Waals surface area contributed by atoms with Crippen LogP contribution in [0.4, 0.5) is 8.78 Å². The molecule has 0 radical (unpaired) electrons. The number of aromatic nitrogens is 1. The zero-order valence-corrected chi connectivity index (χ0v) is 8.82. The van der Waals surface area contributed by atoms with E-state index in [1.165, 1.54) is 0 Å². The van der Waals surface area contributed by atoms with Gasteiger partial charge >= 0.3 is 0 Å². The number of pyridine rings is 1. The van der Waals surface area contributed by atoms with Crippen molar-refractivity contribution in [3.8, 4) is 0 Å². The highest BCUT2D eigenvalue weighted by Crippen LogP contribution is 2.19. The van der Waals surface area contributed by atoms with Gasteiger partial charge in [-0.3, -0.25) is 9.59 Å². The molecule has 76 valence electrons. The molecule has 0 unspecified atom stereocenters. The molecule has 7 heteroatoms. The fraction of sp³-hybridized carbons (Fsp3) is 0.143. The molecule has 1 aromatic rings. The van der Waals surface area contributed by atoms with E-state index in [1.807, 2.05) is 0 Å². The lowest BCUT2D eigenvalue weighted by atomic mass is 10.2. The summed E-state index contributed by atoms with van der Waals surface area (Å²) in [7, 11) is 0. The minimum absolute atomic E-state index is 0.139. The average molecular weight is 286 g/mol. The van der Waals surface area contributed by atoms with Gasteiger partial charge in [0.1, 0.15) is 5.56 Å². The zero-order chi connectivity index (χ0) is 10.9. The van der Waals surface area contributed by atoms with Gasteiger partial charge in [0.25, 0.3) is 11.7 Å². The first-order chi connectivity index (χ1) is 6.43. The number of rotatable bonds is 2. The number of nitrogens with one attached hydrogen (secondary N) is 1. The number of carbonyl (C=O) groups is 1. The topological polar surface area (TPSA) is 49.9 Å². The second kappa shape index (κ2) is 4.18. The molecule has 0 spiro atoms. The van der Waals surface area contributed by atoms with Crippen molar-refractivity contribution in [2.24, 2.45) is 0 Å². The van der Waals surface area contributed by atoms with Crippen LogP contribution in [-0.4, -0.2) is 10.2 Å². The lowest BCUT2D eigenvalue weighted by Gasteiger charge is -2.02. The number of aromatic amines is 1. The molecular weight excluding hydrogens is 283 g/mol. The number of hydrogen-bond donors (Lipinski definition) is 1. The molecule has 3 nitrogen and oxygen atoms in total. The number of hydrogen-bond acceptors (Lipinski definition) is 2. The molecule has 0 aliphatic rings. The van der Waals surface area contributed by atoms with Crippen LogP contribution >= 0.6 is 27.5 Å². The van der Waals surface area contributed by atoms with E-state index >= 15 is 0 Å². The maximum atomic E-state index is 12.2. The summed E-state index contributed by atoms with van der Waals surface area (Å²) in [5.74, 6) is 0. The molecule has 0 saturated heterocycles. The highest BCUT2D eigenvalue weighted by molar-refractivity contribution is 9.10. The fourth-order valence-corrected chi connectivity index (χ4v) is 1.75. The van der Waals surface area contributed by atoms with Crippen molar-refractivity contribution in [3.05, 3.63) is 32.2 Å². The van der Waals surface area contributed by atoms with Gasteiger partial charge in [-0.1, -0.05) is 0 Å². The van der Waals surface area contributed by atoms with Crippen LogP contribution < -0.4 is 5.43 Å². The van der Waals surface area contributed by atoms with Crippen molar-refractivity contribution < 1.29 is 13.6 Å². The monoisotopic (exact) mass is 285 g/mol. The Bertz CT molecular complexity index is 432. The van der Waals surface area contributed by atoms with Crippen molar-refractivity contribution in [2.45, 2.75) is 6.43 Å². The Morgan fingerprint density at radius 1 is 1.57 bits per heavy atom. The van der Waals surface area contributed by atoms with E-state index in [0.717, 1.165) is 0 Å². The third-order valence-electron chi connectivity index (χ3n) is 1.44. The Kier molecular flexibility index (Phi) is 3.38. The van der Waals surface area contributed by atoms with E-state index in [0.29, 0.717) is 6.07 Å². The molecule has 1 N–H and O–H groups in total. The maximum absolute atomic E-state index is 12.2. The Hall–Kier alpha value is -0.750. The van der Waals surface area contributed by atoms with Gasteiger partial charge in [-0.25, -0.2) is 8.78 Å². The van der Waals surface area contributed by atoms with Crippen LogP contribution in [0.2, 0.25) is 0 Å². The van der Waals surface area contributed by atoms with Crippen LogP contribution in [0.1, 0.15) is 22.5 Å². The Morgan fingerprint density at radius 3 is 2.50 bits per heavy atom. The first-order valence-corrected chi connectivity index (χ1v) is 4.51. The second-order valence-electron chi connectivity index (χ2n) is 2.35. The van der Waals surface area contributed by atoms with E-state index in [1.54, 1.807) is 0 Å². The van der Waals surface area contributed by atoms with Crippen molar-refractivity contribution in [1.29, 1.82) is 0 Å². The van der Waals surface area contributed by atoms with E-state index in [-0.39, 0.29) is 10.2 Å². The highest BCUT2D eigenvalue weighted by atomic mass is 79.9. The maximum Gasteiger partial charge on any atom is 0.278 e. The minimum Gasteiger partial charge on any atom is -0.348 e. The molecule has 0 atom stereocenters. The average Bonchev–Trinajstić information content (AvgIpc) is 2.01. The summed E-state index contributed by atoms with van der Waals surface area (Å²) in [4.78, 5) is 24.0. The fourth-order valence-electron chi connectivity index (χ4n) is 0.848. The van der Waals surface area contributed by atoms with Gasteiger partial charge in [-0.2, -0.15) is 0 Å². The molecule has 0 fully saturated rings. The molecule has 14 heavy (non-hydrogen) atoms. The predicted molar refractivity (Wildman–Crippen MR) is 49.9 cm³/mol. The molecule has 0 amide bonds. The predicted octanol–water partition coefficient (Wildman–Crippen LogP) is 2.45. The Morgan fingerprint density at radius 2 is 2.14 bits per heavy atom. The number of H-pyrrole nitrogens is 1. The van der Waals surface area contributed by atoms with Crippen molar-refractivity contribution >= 4 is 32.8 Å². The molecule has 0 aliphatic heterocycles. The summed E-state index contributed by atoms with van der Waals surface area (Å²) >= 11 is 7.84. The third-order valence-corrected chi connectivity index (χ3v) is 2.22. The molecule has 1 heterocycles. The van der Waals surface area contributed by atoms with E-state index in [2.05, 4.69) is 20.9 Å². The second-order valence-corrected chi connectivity index (χ2v) is 3.49. The zero-order valence-electron chi connectivity index (χ0n) is 6.48. The molecule has 0 saturated carbocycles. The summed E-state index contributed by atoms with van der Waals surface area (Å²) in [6, 6.07) is 0.644. The summed E-state index contributed by atoms with van der Waals surface area (Å²) in [6.45, 7) is 0. The SMILES string of the molecule is O=C(Cl)c1c(Br)[nH]c(C(F)F)cc1=O. The van der Waals surface area contributed by atoms with Gasteiger partial charge in [0.05, 0.1) is 10.3 Å². The van der Waals surface area contributed by atoms with Crippen molar-refractivity contribution in [2.75, 3.05) is 0 Å².